The van der Waals surface area contributed by atoms with E-state index in [2.05, 4.69) is 43.7 Å². The van der Waals surface area contributed by atoms with Gasteiger partial charge in [-0.15, -0.1) is 0 Å². The second-order valence-corrected chi connectivity index (χ2v) is 8.98. The maximum atomic E-state index is 13.0. The van der Waals surface area contributed by atoms with Gasteiger partial charge in [0.25, 0.3) is 5.91 Å². The van der Waals surface area contributed by atoms with Crippen LogP contribution >= 0.6 is 0 Å². The molecule has 0 unspecified atom stereocenters. The third kappa shape index (κ3) is 5.29. The molecule has 1 aliphatic heterocycles. The van der Waals surface area contributed by atoms with Gasteiger partial charge >= 0.3 is 0 Å². The van der Waals surface area contributed by atoms with Crippen LogP contribution in [0.3, 0.4) is 0 Å². The van der Waals surface area contributed by atoms with Crippen molar-refractivity contribution in [2.24, 2.45) is 5.92 Å². The Morgan fingerprint density at radius 1 is 1.21 bits per heavy atom. The Labute approximate surface area is 193 Å². The zero-order chi connectivity index (χ0) is 23.4. The number of rotatable bonds is 7. The number of nitriles is 1. The Morgan fingerprint density at radius 3 is 2.73 bits per heavy atom. The van der Waals surface area contributed by atoms with E-state index in [1.165, 1.54) is 19.0 Å². The standard InChI is InChI=1S/C24H30N8O/c1-16(2)30-21-11-22(32-23-19(14-29-32)10-18(12-25)13-28-23)27-15-20(21)24(33)26-7-4-17-5-8-31(3)9-6-17/h10-11,13-17H,4-9H2,1-3H3,(H,26,33)(H,27,30). The van der Waals surface area contributed by atoms with E-state index in [-0.39, 0.29) is 11.9 Å². The lowest BCUT2D eigenvalue weighted by atomic mass is 9.94. The van der Waals surface area contributed by atoms with Gasteiger partial charge in [-0.1, -0.05) is 0 Å². The van der Waals surface area contributed by atoms with Gasteiger partial charge in [0.2, 0.25) is 0 Å². The molecule has 0 radical (unpaired) electrons. The zero-order valence-electron chi connectivity index (χ0n) is 19.4. The summed E-state index contributed by atoms with van der Waals surface area (Å²) in [6, 6.07) is 5.78. The number of piperidine rings is 1. The van der Waals surface area contributed by atoms with Gasteiger partial charge < -0.3 is 15.5 Å². The van der Waals surface area contributed by atoms with Crippen LogP contribution in [-0.4, -0.2) is 63.3 Å². The van der Waals surface area contributed by atoms with Gasteiger partial charge in [0.1, 0.15) is 6.07 Å². The molecular formula is C24H30N8O. The summed E-state index contributed by atoms with van der Waals surface area (Å²) < 4.78 is 1.61. The van der Waals surface area contributed by atoms with Crippen molar-refractivity contribution >= 4 is 22.6 Å². The summed E-state index contributed by atoms with van der Waals surface area (Å²) in [6.45, 7) is 6.96. The van der Waals surface area contributed by atoms with Crippen molar-refractivity contribution in [2.45, 2.75) is 39.2 Å². The van der Waals surface area contributed by atoms with Crippen LogP contribution in [0, 0.1) is 17.2 Å². The lowest BCUT2D eigenvalue weighted by Gasteiger charge is -2.28. The molecule has 0 atom stereocenters. The molecule has 0 spiro atoms. The Hall–Kier alpha value is -3.51. The van der Waals surface area contributed by atoms with Crippen LogP contribution in [0.4, 0.5) is 5.69 Å². The predicted octanol–water partition coefficient (Wildman–Crippen LogP) is 2.97. The Kier molecular flexibility index (Phi) is 6.84. The van der Waals surface area contributed by atoms with Crippen LogP contribution in [-0.2, 0) is 0 Å². The van der Waals surface area contributed by atoms with E-state index in [4.69, 9.17) is 5.26 Å². The summed E-state index contributed by atoms with van der Waals surface area (Å²) in [5, 5.41) is 20.7. The molecule has 4 heterocycles. The van der Waals surface area contributed by atoms with Crippen LogP contribution in [0.5, 0.6) is 0 Å². The molecular weight excluding hydrogens is 416 g/mol. The number of likely N-dealkylation sites (tertiary alicyclic amines) is 1. The number of hydrogen-bond donors (Lipinski definition) is 2. The van der Waals surface area contributed by atoms with E-state index in [0.29, 0.717) is 40.7 Å². The normalized spacial score (nSPS) is 15.0. The SMILES string of the molecule is CC(C)Nc1cc(-n2ncc3cc(C#N)cnc32)ncc1C(=O)NCCC1CCN(C)CC1. The second-order valence-electron chi connectivity index (χ2n) is 8.98. The van der Waals surface area contributed by atoms with Crippen molar-refractivity contribution in [3.05, 3.63) is 41.9 Å². The van der Waals surface area contributed by atoms with Gasteiger partial charge in [0, 0.05) is 36.4 Å². The van der Waals surface area contributed by atoms with Crippen molar-refractivity contribution < 1.29 is 4.79 Å². The van der Waals surface area contributed by atoms with Crippen LogP contribution in [0.2, 0.25) is 0 Å². The molecule has 1 fully saturated rings. The highest BCUT2D eigenvalue weighted by Crippen LogP contribution is 2.23. The maximum Gasteiger partial charge on any atom is 0.254 e. The zero-order valence-corrected chi connectivity index (χ0v) is 19.4. The number of aromatic nitrogens is 4. The molecule has 1 amide bonds. The minimum Gasteiger partial charge on any atom is -0.382 e. The van der Waals surface area contributed by atoms with Crippen molar-refractivity contribution in [1.29, 1.82) is 5.26 Å². The molecule has 4 rings (SSSR count). The van der Waals surface area contributed by atoms with E-state index in [9.17, 15) is 4.79 Å². The first-order valence-corrected chi connectivity index (χ1v) is 11.4. The first-order chi connectivity index (χ1) is 15.9. The third-order valence-electron chi connectivity index (χ3n) is 6.01. The largest absolute Gasteiger partial charge is 0.382 e. The van der Waals surface area contributed by atoms with E-state index < -0.39 is 0 Å². The number of anilines is 1. The maximum absolute atomic E-state index is 13.0. The van der Waals surface area contributed by atoms with E-state index in [1.54, 1.807) is 23.1 Å². The van der Waals surface area contributed by atoms with E-state index >= 15 is 0 Å². The highest BCUT2D eigenvalue weighted by molar-refractivity contribution is 5.99. The molecule has 172 valence electrons. The van der Waals surface area contributed by atoms with E-state index in [0.717, 1.165) is 24.9 Å². The number of nitrogens with zero attached hydrogens (tertiary/aromatic N) is 6. The summed E-state index contributed by atoms with van der Waals surface area (Å²) >= 11 is 0. The lowest BCUT2D eigenvalue weighted by Crippen LogP contribution is -2.33. The predicted molar refractivity (Wildman–Crippen MR) is 127 cm³/mol. The monoisotopic (exact) mass is 446 g/mol. The number of carbonyl (C=O) groups excluding carboxylic acids is 1. The van der Waals surface area contributed by atoms with Gasteiger partial charge in [-0.3, -0.25) is 4.79 Å². The molecule has 1 aliphatic rings. The molecule has 0 aliphatic carbocycles. The molecule has 9 heteroatoms. The first kappa shape index (κ1) is 22.7. The first-order valence-electron chi connectivity index (χ1n) is 11.4. The number of carbonyl (C=O) groups is 1. The number of fused-ring (bicyclic) bond motifs is 1. The fraction of sp³-hybridized carbons (Fsp3) is 0.458. The van der Waals surface area contributed by atoms with Gasteiger partial charge in [-0.25, -0.2) is 9.97 Å². The summed E-state index contributed by atoms with van der Waals surface area (Å²) in [5.41, 5.74) is 2.29. The number of pyridine rings is 2. The fourth-order valence-corrected chi connectivity index (χ4v) is 4.16. The number of amides is 1. The Morgan fingerprint density at radius 2 is 2.00 bits per heavy atom. The van der Waals surface area contributed by atoms with Gasteiger partial charge in [-0.2, -0.15) is 15.0 Å². The summed E-state index contributed by atoms with van der Waals surface area (Å²) in [4.78, 5) is 24.2. The van der Waals surface area contributed by atoms with Crippen molar-refractivity contribution in [2.75, 3.05) is 32.0 Å². The number of hydrogen-bond acceptors (Lipinski definition) is 7. The smallest absolute Gasteiger partial charge is 0.254 e. The molecule has 9 nitrogen and oxygen atoms in total. The topological polar surface area (TPSA) is 112 Å². The Balaban J connectivity index is 1.52. The minimum atomic E-state index is -0.132. The second kappa shape index (κ2) is 9.96. The summed E-state index contributed by atoms with van der Waals surface area (Å²) in [7, 11) is 2.16. The highest BCUT2D eigenvalue weighted by atomic mass is 16.1. The average Bonchev–Trinajstić information content (AvgIpc) is 3.23. The van der Waals surface area contributed by atoms with Crippen LogP contribution < -0.4 is 10.6 Å². The minimum absolute atomic E-state index is 0.132. The fourth-order valence-electron chi connectivity index (χ4n) is 4.16. The van der Waals surface area contributed by atoms with Crippen molar-refractivity contribution in [3.63, 3.8) is 0 Å². The van der Waals surface area contributed by atoms with Crippen molar-refractivity contribution in [1.82, 2.24) is 30.0 Å². The van der Waals surface area contributed by atoms with Crippen LogP contribution in [0.1, 0.15) is 49.0 Å². The lowest BCUT2D eigenvalue weighted by molar-refractivity contribution is 0.0949. The summed E-state index contributed by atoms with van der Waals surface area (Å²) in [6.07, 6.45) is 8.12. The number of nitrogens with one attached hydrogen (secondary N) is 2. The molecule has 33 heavy (non-hydrogen) atoms. The molecule has 3 aromatic rings. The van der Waals surface area contributed by atoms with Gasteiger partial charge in [0.15, 0.2) is 11.5 Å². The van der Waals surface area contributed by atoms with Gasteiger partial charge in [-0.05, 0) is 65.2 Å². The van der Waals surface area contributed by atoms with Crippen molar-refractivity contribution in [3.8, 4) is 11.9 Å². The Bertz CT molecular complexity index is 1170. The molecule has 1 saturated heterocycles. The van der Waals surface area contributed by atoms with Crippen LogP contribution in [0.25, 0.3) is 16.9 Å². The average molecular weight is 447 g/mol. The molecule has 2 N–H and O–H groups in total. The molecule has 0 aromatic carbocycles. The quantitative estimate of drug-likeness (QED) is 0.574. The molecule has 0 saturated carbocycles. The molecule has 0 bridgehead atoms. The highest BCUT2D eigenvalue weighted by Gasteiger charge is 2.19. The van der Waals surface area contributed by atoms with Crippen LogP contribution in [0.15, 0.2) is 30.7 Å². The summed E-state index contributed by atoms with van der Waals surface area (Å²) in [5.74, 6) is 1.08. The molecule has 3 aromatic heterocycles. The van der Waals surface area contributed by atoms with Gasteiger partial charge in [0.05, 0.1) is 23.0 Å². The third-order valence-corrected chi connectivity index (χ3v) is 6.01. The van der Waals surface area contributed by atoms with E-state index in [1.807, 2.05) is 19.9 Å².